The third-order valence-corrected chi connectivity index (χ3v) is 3.54. The number of nitro benzene ring substituents is 1. The Hall–Kier alpha value is -3.26. The molecule has 0 spiro atoms. The van der Waals surface area contributed by atoms with Crippen molar-refractivity contribution in [2.24, 2.45) is 16.9 Å². The van der Waals surface area contributed by atoms with Crippen molar-refractivity contribution in [2.45, 2.75) is 12.8 Å². The summed E-state index contributed by atoms with van der Waals surface area (Å²) in [5, 5.41) is 33.1. The molecular weight excluding hydrogens is 286 g/mol. The number of nitro groups is 1. The van der Waals surface area contributed by atoms with Crippen LogP contribution in [0, 0.1) is 44.6 Å². The van der Waals surface area contributed by atoms with Gasteiger partial charge in [0.05, 0.1) is 23.0 Å². The third kappa shape index (κ3) is 2.63. The number of nitrogens with one attached hydrogen (secondary N) is 1. The standard InChI is InChI=1S/C14H11N5O3/c1-8-12(14(20)18-17-8)13(10(6-15)7-16)9-3-2-4-11(5-9)19(21)22/h2-5,10,12-13H,1H3,(H,18,20)/t12-,13+/m1/s1. The molecule has 1 amide bonds. The Labute approximate surface area is 125 Å². The summed E-state index contributed by atoms with van der Waals surface area (Å²) in [6.45, 7) is 1.61. The molecule has 0 saturated heterocycles. The number of hydrazone groups is 1. The van der Waals surface area contributed by atoms with E-state index in [1.54, 1.807) is 13.0 Å². The van der Waals surface area contributed by atoms with Gasteiger partial charge >= 0.3 is 0 Å². The van der Waals surface area contributed by atoms with Crippen LogP contribution in [0.2, 0.25) is 0 Å². The highest BCUT2D eigenvalue weighted by atomic mass is 16.6. The van der Waals surface area contributed by atoms with Crippen molar-refractivity contribution < 1.29 is 9.72 Å². The second-order valence-electron chi connectivity index (χ2n) is 4.82. The van der Waals surface area contributed by atoms with Crippen LogP contribution in [0.25, 0.3) is 0 Å². The Balaban J connectivity index is 2.55. The van der Waals surface area contributed by atoms with E-state index in [1.165, 1.54) is 18.2 Å². The van der Waals surface area contributed by atoms with Gasteiger partial charge in [-0.1, -0.05) is 12.1 Å². The predicted molar refractivity (Wildman–Crippen MR) is 75.3 cm³/mol. The molecule has 22 heavy (non-hydrogen) atoms. The second-order valence-corrected chi connectivity index (χ2v) is 4.82. The molecule has 8 nitrogen and oxygen atoms in total. The number of hydrogen-bond donors (Lipinski definition) is 1. The zero-order valence-electron chi connectivity index (χ0n) is 11.6. The van der Waals surface area contributed by atoms with E-state index >= 15 is 0 Å². The molecule has 1 aromatic carbocycles. The quantitative estimate of drug-likeness (QED) is 0.663. The van der Waals surface area contributed by atoms with Crippen LogP contribution in [-0.4, -0.2) is 16.5 Å². The minimum absolute atomic E-state index is 0.162. The number of carbonyl (C=O) groups is 1. The minimum Gasteiger partial charge on any atom is -0.272 e. The largest absolute Gasteiger partial charge is 0.272 e. The lowest BCUT2D eigenvalue weighted by molar-refractivity contribution is -0.384. The van der Waals surface area contributed by atoms with Crippen molar-refractivity contribution in [1.29, 1.82) is 10.5 Å². The van der Waals surface area contributed by atoms with E-state index in [4.69, 9.17) is 0 Å². The van der Waals surface area contributed by atoms with Gasteiger partial charge in [0.1, 0.15) is 5.92 Å². The fraction of sp³-hybridized carbons (Fsp3) is 0.286. The first-order chi connectivity index (χ1) is 10.5. The van der Waals surface area contributed by atoms with Crippen molar-refractivity contribution >= 4 is 17.3 Å². The van der Waals surface area contributed by atoms with Gasteiger partial charge in [-0.15, -0.1) is 0 Å². The van der Waals surface area contributed by atoms with E-state index in [1.807, 2.05) is 12.1 Å². The lowest BCUT2D eigenvalue weighted by Crippen LogP contribution is -2.32. The van der Waals surface area contributed by atoms with Crippen molar-refractivity contribution in [2.75, 3.05) is 0 Å². The number of carbonyl (C=O) groups excluding carboxylic acids is 1. The van der Waals surface area contributed by atoms with Crippen LogP contribution in [0.5, 0.6) is 0 Å². The normalized spacial score (nSPS) is 18.1. The molecule has 1 heterocycles. The monoisotopic (exact) mass is 297 g/mol. The molecule has 2 atom stereocenters. The van der Waals surface area contributed by atoms with Gasteiger partial charge in [0.15, 0.2) is 0 Å². The summed E-state index contributed by atoms with van der Waals surface area (Å²) in [5.41, 5.74) is 2.97. The molecule has 0 saturated carbocycles. The van der Waals surface area contributed by atoms with Gasteiger partial charge in [0, 0.05) is 23.8 Å². The van der Waals surface area contributed by atoms with Crippen LogP contribution in [0.3, 0.4) is 0 Å². The number of rotatable bonds is 4. The predicted octanol–water partition coefficient (Wildman–Crippen LogP) is 1.46. The smallest absolute Gasteiger partial charge is 0.269 e. The van der Waals surface area contributed by atoms with E-state index in [-0.39, 0.29) is 5.69 Å². The Morgan fingerprint density at radius 2 is 2.09 bits per heavy atom. The Morgan fingerprint density at radius 3 is 2.59 bits per heavy atom. The number of nitriles is 2. The first-order valence-corrected chi connectivity index (χ1v) is 6.37. The molecule has 0 unspecified atom stereocenters. The second kappa shape index (κ2) is 6.02. The first kappa shape index (κ1) is 15.1. The van der Waals surface area contributed by atoms with E-state index in [0.29, 0.717) is 11.3 Å². The maximum absolute atomic E-state index is 12.0. The van der Waals surface area contributed by atoms with Gasteiger partial charge in [-0.25, -0.2) is 5.43 Å². The summed E-state index contributed by atoms with van der Waals surface area (Å²) >= 11 is 0. The molecule has 1 aliphatic rings. The molecule has 0 fully saturated rings. The van der Waals surface area contributed by atoms with Crippen LogP contribution in [0.15, 0.2) is 29.4 Å². The highest BCUT2D eigenvalue weighted by Crippen LogP contribution is 2.36. The van der Waals surface area contributed by atoms with Crippen LogP contribution < -0.4 is 5.43 Å². The summed E-state index contributed by atoms with van der Waals surface area (Å²) in [6.07, 6.45) is 0. The number of amides is 1. The number of hydrogen-bond acceptors (Lipinski definition) is 6. The van der Waals surface area contributed by atoms with E-state index in [9.17, 15) is 25.4 Å². The zero-order chi connectivity index (χ0) is 16.3. The minimum atomic E-state index is -1.12. The highest BCUT2D eigenvalue weighted by Gasteiger charge is 2.41. The van der Waals surface area contributed by atoms with Gasteiger partial charge < -0.3 is 0 Å². The van der Waals surface area contributed by atoms with Gasteiger partial charge in [-0.05, 0) is 12.5 Å². The van der Waals surface area contributed by atoms with Gasteiger partial charge in [0.2, 0.25) is 5.91 Å². The van der Waals surface area contributed by atoms with Gasteiger partial charge in [-0.3, -0.25) is 14.9 Å². The third-order valence-electron chi connectivity index (χ3n) is 3.54. The zero-order valence-corrected chi connectivity index (χ0v) is 11.6. The van der Waals surface area contributed by atoms with Crippen LogP contribution in [0.1, 0.15) is 18.4 Å². The van der Waals surface area contributed by atoms with Crippen molar-refractivity contribution in [3.05, 3.63) is 39.9 Å². The SMILES string of the molecule is CC1=NNC(=O)[C@H]1[C@@H](c1cccc([N+](=O)[O-])c1)C(C#N)C#N. The van der Waals surface area contributed by atoms with Gasteiger partial charge in [0.25, 0.3) is 5.69 Å². The average molecular weight is 297 g/mol. The maximum atomic E-state index is 12.0. The molecule has 110 valence electrons. The molecule has 1 aliphatic heterocycles. The van der Waals surface area contributed by atoms with E-state index < -0.39 is 28.6 Å². The Kier molecular flexibility index (Phi) is 4.14. The molecule has 0 bridgehead atoms. The topological polar surface area (TPSA) is 132 Å². The van der Waals surface area contributed by atoms with Crippen molar-refractivity contribution in [1.82, 2.24) is 5.43 Å². The Morgan fingerprint density at radius 1 is 1.41 bits per heavy atom. The summed E-state index contributed by atoms with van der Waals surface area (Å²) in [7, 11) is 0. The van der Waals surface area contributed by atoms with E-state index in [0.717, 1.165) is 0 Å². The molecular formula is C14H11N5O3. The number of benzene rings is 1. The van der Waals surface area contributed by atoms with Crippen LogP contribution in [0.4, 0.5) is 5.69 Å². The van der Waals surface area contributed by atoms with Crippen LogP contribution in [-0.2, 0) is 4.79 Å². The first-order valence-electron chi connectivity index (χ1n) is 6.37. The van der Waals surface area contributed by atoms with Crippen molar-refractivity contribution in [3.63, 3.8) is 0 Å². The highest BCUT2D eigenvalue weighted by molar-refractivity contribution is 6.07. The summed E-state index contributed by atoms with van der Waals surface area (Å²) in [4.78, 5) is 22.3. The molecule has 2 rings (SSSR count). The van der Waals surface area contributed by atoms with Crippen LogP contribution >= 0.6 is 0 Å². The fourth-order valence-electron chi connectivity index (χ4n) is 2.51. The molecule has 0 aliphatic carbocycles. The molecule has 1 N–H and O–H groups in total. The molecule has 0 radical (unpaired) electrons. The molecule has 8 heteroatoms. The average Bonchev–Trinajstić information content (AvgIpc) is 2.84. The van der Waals surface area contributed by atoms with E-state index in [2.05, 4.69) is 10.5 Å². The summed E-state index contributed by atoms with van der Waals surface area (Å²) in [6, 6.07) is 9.33. The summed E-state index contributed by atoms with van der Waals surface area (Å²) < 4.78 is 0. The molecule has 1 aromatic rings. The lowest BCUT2D eigenvalue weighted by Gasteiger charge is -2.22. The van der Waals surface area contributed by atoms with Crippen molar-refractivity contribution in [3.8, 4) is 12.1 Å². The fourth-order valence-corrected chi connectivity index (χ4v) is 2.51. The Bertz CT molecular complexity index is 730. The summed E-state index contributed by atoms with van der Waals surface area (Å²) in [5.74, 6) is -3.17. The number of non-ortho nitro benzene ring substituents is 1. The van der Waals surface area contributed by atoms with Gasteiger partial charge in [-0.2, -0.15) is 15.6 Å². The lowest BCUT2D eigenvalue weighted by atomic mass is 9.76. The number of nitrogens with zero attached hydrogens (tertiary/aromatic N) is 4. The maximum Gasteiger partial charge on any atom is 0.269 e. The molecule has 0 aromatic heterocycles.